The van der Waals surface area contributed by atoms with Gasteiger partial charge in [0.05, 0.1) is 5.69 Å². The molecule has 0 bridgehead atoms. The molecule has 0 radical (unpaired) electrons. The summed E-state index contributed by atoms with van der Waals surface area (Å²) in [7, 11) is 1.39. The Bertz CT molecular complexity index is 503. The Morgan fingerprint density at radius 3 is 2.53 bits per heavy atom. The van der Waals surface area contributed by atoms with E-state index in [0.717, 1.165) is 4.57 Å². The van der Waals surface area contributed by atoms with E-state index in [4.69, 9.17) is 0 Å². The summed E-state index contributed by atoms with van der Waals surface area (Å²) in [5.41, 5.74) is -3.49. The van der Waals surface area contributed by atoms with Gasteiger partial charge in [0.15, 0.2) is 5.82 Å². The highest BCUT2D eigenvalue weighted by Crippen LogP contribution is 2.42. The lowest BCUT2D eigenvalue weighted by molar-refractivity contribution is -0.253. The number of halogens is 3. The Balaban J connectivity index is 2.65. The number of alkyl halides is 3. The normalized spacial score (nSPS) is 15.8. The van der Waals surface area contributed by atoms with Gasteiger partial charge < -0.3 is 14.7 Å². The summed E-state index contributed by atoms with van der Waals surface area (Å²) < 4.78 is 40.4. The van der Waals surface area contributed by atoms with Crippen molar-refractivity contribution in [2.75, 3.05) is 0 Å². The first kappa shape index (κ1) is 11.7. The maximum Gasteiger partial charge on any atom is 0.430 e. The molecule has 2 heterocycles. The van der Waals surface area contributed by atoms with Crippen LogP contribution in [0.15, 0.2) is 30.7 Å². The molecule has 0 amide bonds. The van der Waals surface area contributed by atoms with Gasteiger partial charge in [-0.2, -0.15) is 13.2 Å². The van der Waals surface area contributed by atoms with Crippen molar-refractivity contribution >= 4 is 0 Å². The van der Waals surface area contributed by atoms with Crippen LogP contribution in [0.5, 0.6) is 0 Å². The smallest absolute Gasteiger partial charge is 0.369 e. The van der Waals surface area contributed by atoms with E-state index in [1.165, 1.54) is 37.8 Å². The fourth-order valence-corrected chi connectivity index (χ4v) is 1.67. The minimum Gasteiger partial charge on any atom is -0.369 e. The SMILES string of the molecule is Cn1ccnc1C(O)(c1ccc[nH]1)C(F)(F)F. The second-order valence-electron chi connectivity index (χ2n) is 3.65. The second-order valence-corrected chi connectivity index (χ2v) is 3.65. The molecule has 17 heavy (non-hydrogen) atoms. The molecule has 0 aliphatic rings. The Kier molecular flexibility index (Phi) is 2.50. The molecule has 0 spiro atoms. The zero-order valence-electron chi connectivity index (χ0n) is 8.86. The molecule has 0 fully saturated rings. The highest BCUT2D eigenvalue weighted by molar-refractivity contribution is 5.26. The zero-order chi connectivity index (χ0) is 12.7. The van der Waals surface area contributed by atoms with Crippen molar-refractivity contribution in [3.05, 3.63) is 42.2 Å². The summed E-state index contributed by atoms with van der Waals surface area (Å²) in [6.45, 7) is 0. The van der Waals surface area contributed by atoms with Crippen LogP contribution in [0.2, 0.25) is 0 Å². The number of nitrogens with one attached hydrogen (secondary N) is 1. The maximum atomic E-state index is 13.1. The molecule has 7 heteroatoms. The van der Waals surface area contributed by atoms with Crippen molar-refractivity contribution in [3.63, 3.8) is 0 Å². The molecule has 0 aliphatic heterocycles. The molecule has 1 atom stereocenters. The molecule has 2 aromatic rings. The van der Waals surface area contributed by atoms with Crippen LogP contribution in [0.1, 0.15) is 11.5 Å². The number of aromatic amines is 1. The third kappa shape index (κ3) is 1.62. The summed E-state index contributed by atoms with van der Waals surface area (Å²) in [6, 6.07) is 2.55. The molecule has 1 unspecified atom stereocenters. The van der Waals surface area contributed by atoms with E-state index in [0.29, 0.717) is 0 Å². The molecule has 0 saturated heterocycles. The molecule has 0 aromatic carbocycles. The number of hydrogen-bond acceptors (Lipinski definition) is 2. The lowest BCUT2D eigenvalue weighted by Crippen LogP contribution is -2.45. The molecule has 2 aromatic heterocycles. The Morgan fingerprint density at radius 2 is 2.12 bits per heavy atom. The van der Waals surface area contributed by atoms with Crippen LogP contribution in [0.4, 0.5) is 13.2 Å². The maximum absolute atomic E-state index is 13.1. The van der Waals surface area contributed by atoms with Crippen LogP contribution in [0, 0.1) is 0 Å². The molecule has 0 aliphatic carbocycles. The largest absolute Gasteiger partial charge is 0.430 e. The van der Waals surface area contributed by atoms with E-state index < -0.39 is 17.6 Å². The van der Waals surface area contributed by atoms with Gasteiger partial charge in [0.2, 0.25) is 0 Å². The summed E-state index contributed by atoms with van der Waals surface area (Å²) in [4.78, 5) is 5.96. The number of hydrogen-bond donors (Lipinski definition) is 2. The monoisotopic (exact) mass is 245 g/mol. The minimum atomic E-state index is -4.86. The fraction of sp³-hybridized carbons (Fsp3) is 0.300. The molecular weight excluding hydrogens is 235 g/mol. The Labute approximate surface area is 94.7 Å². The van der Waals surface area contributed by atoms with Crippen molar-refractivity contribution in [3.8, 4) is 0 Å². The molecule has 2 rings (SSSR count). The first-order valence-electron chi connectivity index (χ1n) is 4.78. The average molecular weight is 245 g/mol. The van der Waals surface area contributed by atoms with Crippen molar-refractivity contribution in [2.24, 2.45) is 7.05 Å². The van der Waals surface area contributed by atoms with E-state index in [1.807, 2.05) is 0 Å². The minimum absolute atomic E-state index is 0.362. The van der Waals surface area contributed by atoms with E-state index >= 15 is 0 Å². The summed E-state index contributed by atoms with van der Waals surface area (Å²) >= 11 is 0. The molecular formula is C10H10F3N3O. The van der Waals surface area contributed by atoms with Crippen LogP contribution in [-0.2, 0) is 12.6 Å². The van der Waals surface area contributed by atoms with Crippen molar-refractivity contribution in [1.82, 2.24) is 14.5 Å². The average Bonchev–Trinajstić information content (AvgIpc) is 2.84. The molecule has 0 saturated carbocycles. The fourth-order valence-electron chi connectivity index (χ4n) is 1.67. The molecule has 4 nitrogen and oxygen atoms in total. The summed E-state index contributed by atoms with van der Waals surface area (Å²) in [5.74, 6) is -0.479. The number of H-pyrrole nitrogens is 1. The van der Waals surface area contributed by atoms with Gasteiger partial charge >= 0.3 is 6.18 Å². The quantitative estimate of drug-likeness (QED) is 0.843. The van der Waals surface area contributed by atoms with Gasteiger partial charge in [-0.05, 0) is 12.1 Å². The van der Waals surface area contributed by atoms with Gasteiger partial charge in [0, 0.05) is 25.6 Å². The first-order chi connectivity index (χ1) is 7.87. The van der Waals surface area contributed by atoms with Crippen LogP contribution in [0.25, 0.3) is 0 Å². The van der Waals surface area contributed by atoms with Gasteiger partial charge in [-0.25, -0.2) is 4.98 Å². The van der Waals surface area contributed by atoms with Gasteiger partial charge in [-0.15, -0.1) is 0 Å². The van der Waals surface area contributed by atoms with Crippen LogP contribution >= 0.6 is 0 Å². The van der Waals surface area contributed by atoms with Crippen LogP contribution in [-0.4, -0.2) is 25.8 Å². The van der Waals surface area contributed by atoms with Gasteiger partial charge in [-0.3, -0.25) is 0 Å². The van der Waals surface area contributed by atoms with Crippen LogP contribution in [0.3, 0.4) is 0 Å². The lowest BCUT2D eigenvalue weighted by Gasteiger charge is -2.28. The highest BCUT2D eigenvalue weighted by atomic mass is 19.4. The third-order valence-electron chi connectivity index (χ3n) is 2.54. The standard InChI is InChI=1S/C10H10F3N3O/c1-16-6-5-15-8(16)9(17,10(11,12)13)7-3-2-4-14-7/h2-6,14,17H,1H3. The summed E-state index contributed by atoms with van der Waals surface area (Å²) in [5, 5.41) is 10.0. The Hall–Kier alpha value is -1.76. The Morgan fingerprint density at radius 1 is 1.41 bits per heavy atom. The predicted molar refractivity (Wildman–Crippen MR) is 53.1 cm³/mol. The number of aliphatic hydroxyl groups is 1. The van der Waals surface area contributed by atoms with E-state index in [-0.39, 0.29) is 5.69 Å². The van der Waals surface area contributed by atoms with E-state index in [2.05, 4.69) is 9.97 Å². The van der Waals surface area contributed by atoms with Gasteiger partial charge in [0.1, 0.15) is 0 Å². The van der Waals surface area contributed by atoms with Crippen molar-refractivity contribution in [2.45, 2.75) is 11.8 Å². The first-order valence-corrected chi connectivity index (χ1v) is 4.78. The van der Waals surface area contributed by atoms with Crippen LogP contribution < -0.4 is 0 Å². The molecule has 92 valence electrons. The molecule has 2 N–H and O–H groups in total. The van der Waals surface area contributed by atoms with Gasteiger partial charge in [-0.1, -0.05) is 0 Å². The second kappa shape index (κ2) is 3.63. The number of nitrogens with zero attached hydrogens (tertiary/aromatic N) is 2. The number of rotatable bonds is 2. The number of imidazole rings is 1. The van der Waals surface area contributed by atoms with Crippen molar-refractivity contribution < 1.29 is 18.3 Å². The topological polar surface area (TPSA) is 53.8 Å². The van der Waals surface area contributed by atoms with Gasteiger partial charge in [0.25, 0.3) is 5.60 Å². The number of aryl methyl sites for hydroxylation is 1. The van der Waals surface area contributed by atoms with Crippen molar-refractivity contribution in [1.29, 1.82) is 0 Å². The lowest BCUT2D eigenvalue weighted by atomic mass is 9.98. The predicted octanol–water partition coefficient (Wildman–Crippen LogP) is 1.55. The summed E-state index contributed by atoms with van der Waals surface area (Å²) in [6.07, 6.45) is -1.00. The van der Waals surface area contributed by atoms with E-state index in [9.17, 15) is 18.3 Å². The zero-order valence-corrected chi connectivity index (χ0v) is 8.86. The van der Waals surface area contributed by atoms with E-state index in [1.54, 1.807) is 0 Å². The third-order valence-corrected chi connectivity index (χ3v) is 2.54. The highest BCUT2D eigenvalue weighted by Gasteiger charge is 2.59. The number of aromatic nitrogens is 3.